The lowest BCUT2D eigenvalue weighted by molar-refractivity contribution is 0.481. The minimum absolute atomic E-state index is 0.558. The smallest absolute Gasteiger partial charge is 0.126 e. The Morgan fingerprint density at radius 3 is 2.67 bits per heavy atom. The predicted molar refractivity (Wildman–Crippen MR) is 64.0 cm³/mol. The van der Waals surface area contributed by atoms with Crippen LogP contribution in [-0.4, -0.2) is 11.0 Å². The fourth-order valence-electron chi connectivity index (χ4n) is 2.36. The Kier molecular flexibility index (Phi) is 3.24. The molecular weight excluding hydrogens is 184 g/mol. The van der Waals surface area contributed by atoms with Crippen molar-refractivity contribution < 1.29 is 0 Å². The van der Waals surface area contributed by atoms with Gasteiger partial charge in [0.25, 0.3) is 0 Å². The molecule has 0 saturated heterocycles. The molecule has 0 aliphatic heterocycles. The summed E-state index contributed by atoms with van der Waals surface area (Å²) < 4.78 is 0. The van der Waals surface area contributed by atoms with Gasteiger partial charge in [0.1, 0.15) is 5.82 Å². The van der Waals surface area contributed by atoms with Crippen molar-refractivity contribution in [3.63, 3.8) is 0 Å². The van der Waals surface area contributed by atoms with Crippen molar-refractivity contribution in [1.29, 1.82) is 0 Å². The van der Waals surface area contributed by atoms with E-state index in [0.717, 1.165) is 11.7 Å². The van der Waals surface area contributed by atoms with E-state index in [-0.39, 0.29) is 0 Å². The van der Waals surface area contributed by atoms with Crippen LogP contribution in [0.4, 0.5) is 5.82 Å². The molecule has 82 valence electrons. The van der Waals surface area contributed by atoms with E-state index in [2.05, 4.69) is 36.3 Å². The molecular formula is C13H20N2. The van der Waals surface area contributed by atoms with E-state index in [0.29, 0.717) is 6.04 Å². The minimum atomic E-state index is 0.558. The highest BCUT2D eigenvalue weighted by molar-refractivity contribution is 5.36. The van der Waals surface area contributed by atoms with Gasteiger partial charge < -0.3 is 5.32 Å². The SMILES string of the molecule is Cc1ccc(NC(C)C2CCCC2)nc1. The first kappa shape index (κ1) is 10.5. The lowest BCUT2D eigenvalue weighted by atomic mass is 10.00. The first-order chi connectivity index (χ1) is 7.25. The van der Waals surface area contributed by atoms with E-state index in [1.54, 1.807) is 0 Å². The van der Waals surface area contributed by atoms with E-state index in [1.807, 2.05) is 6.20 Å². The Hall–Kier alpha value is -1.05. The third-order valence-corrected chi connectivity index (χ3v) is 3.39. The fourth-order valence-corrected chi connectivity index (χ4v) is 2.36. The maximum Gasteiger partial charge on any atom is 0.126 e. The number of nitrogens with zero attached hydrogens (tertiary/aromatic N) is 1. The van der Waals surface area contributed by atoms with Crippen LogP contribution >= 0.6 is 0 Å². The van der Waals surface area contributed by atoms with E-state index in [9.17, 15) is 0 Å². The van der Waals surface area contributed by atoms with Gasteiger partial charge in [0, 0.05) is 12.2 Å². The molecule has 1 aromatic rings. The van der Waals surface area contributed by atoms with Gasteiger partial charge in [-0.05, 0) is 44.2 Å². The molecule has 0 aromatic carbocycles. The molecule has 1 aliphatic rings. The zero-order valence-corrected chi connectivity index (χ0v) is 9.66. The van der Waals surface area contributed by atoms with E-state index in [4.69, 9.17) is 0 Å². The van der Waals surface area contributed by atoms with Crippen LogP contribution in [-0.2, 0) is 0 Å². The molecule has 1 fully saturated rings. The van der Waals surface area contributed by atoms with Crippen LogP contribution in [0.3, 0.4) is 0 Å². The van der Waals surface area contributed by atoms with Crippen LogP contribution in [0.2, 0.25) is 0 Å². The third-order valence-electron chi connectivity index (χ3n) is 3.39. The van der Waals surface area contributed by atoms with Gasteiger partial charge in [-0.3, -0.25) is 0 Å². The van der Waals surface area contributed by atoms with Crippen LogP contribution in [0.25, 0.3) is 0 Å². The Morgan fingerprint density at radius 1 is 1.33 bits per heavy atom. The van der Waals surface area contributed by atoms with Crippen molar-refractivity contribution in [3.8, 4) is 0 Å². The van der Waals surface area contributed by atoms with Crippen molar-refractivity contribution in [2.45, 2.75) is 45.6 Å². The number of hydrogen-bond acceptors (Lipinski definition) is 2. The largest absolute Gasteiger partial charge is 0.367 e. The molecule has 2 nitrogen and oxygen atoms in total. The summed E-state index contributed by atoms with van der Waals surface area (Å²) in [4.78, 5) is 4.38. The van der Waals surface area contributed by atoms with Gasteiger partial charge in [0.2, 0.25) is 0 Å². The molecule has 0 bridgehead atoms. The van der Waals surface area contributed by atoms with Crippen LogP contribution in [0.5, 0.6) is 0 Å². The average Bonchev–Trinajstić information content (AvgIpc) is 2.74. The minimum Gasteiger partial charge on any atom is -0.367 e. The lowest BCUT2D eigenvalue weighted by Crippen LogP contribution is -2.24. The van der Waals surface area contributed by atoms with E-state index in [1.165, 1.54) is 31.2 Å². The molecule has 1 saturated carbocycles. The zero-order chi connectivity index (χ0) is 10.7. The van der Waals surface area contributed by atoms with Gasteiger partial charge >= 0.3 is 0 Å². The van der Waals surface area contributed by atoms with Crippen LogP contribution in [0, 0.1) is 12.8 Å². The molecule has 15 heavy (non-hydrogen) atoms. The first-order valence-electron chi connectivity index (χ1n) is 5.95. The number of nitrogens with one attached hydrogen (secondary N) is 1. The van der Waals surface area contributed by atoms with Crippen molar-refractivity contribution in [2.24, 2.45) is 5.92 Å². The number of anilines is 1. The number of hydrogen-bond donors (Lipinski definition) is 1. The Labute approximate surface area is 92.1 Å². The second kappa shape index (κ2) is 4.65. The molecule has 2 rings (SSSR count). The highest BCUT2D eigenvalue weighted by atomic mass is 15.0. The van der Waals surface area contributed by atoms with Gasteiger partial charge in [-0.2, -0.15) is 0 Å². The molecule has 1 aliphatic carbocycles. The molecule has 1 atom stereocenters. The third kappa shape index (κ3) is 2.71. The van der Waals surface area contributed by atoms with Gasteiger partial charge in [-0.1, -0.05) is 18.9 Å². The molecule has 0 amide bonds. The molecule has 1 aromatic heterocycles. The summed E-state index contributed by atoms with van der Waals surface area (Å²) >= 11 is 0. The van der Waals surface area contributed by atoms with Crippen molar-refractivity contribution in [2.75, 3.05) is 5.32 Å². The highest BCUT2D eigenvalue weighted by Gasteiger charge is 2.21. The average molecular weight is 204 g/mol. The Morgan fingerprint density at radius 2 is 2.07 bits per heavy atom. The molecule has 1 N–H and O–H groups in total. The lowest BCUT2D eigenvalue weighted by Gasteiger charge is -2.20. The molecule has 0 radical (unpaired) electrons. The molecule has 2 heteroatoms. The fraction of sp³-hybridized carbons (Fsp3) is 0.615. The summed E-state index contributed by atoms with van der Waals surface area (Å²) in [6.07, 6.45) is 7.47. The van der Waals surface area contributed by atoms with Gasteiger partial charge in [0.05, 0.1) is 0 Å². The summed E-state index contributed by atoms with van der Waals surface area (Å²) in [7, 11) is 0. The summed E-state index contributed by atoms with van der Waals surface area (Å²) in [6, 6.07) is 4.74. The normalized spacial score (nSPS) is 19.1. The topological polar surface area (TPSA) is 24.9 Å². The summed E-state index contributed by atoms with van der Waals surface area (Å²) in [5.41, 5.74) is 1.22. The summed E-state index contributed by atoms with van der Waals surface area (Å²) in [6.45, 7) is 4.34. The van der Waals surface area contributed by atoms with Crippen molar-refractivity contribution in [1.82, 2.24) is 4.98 Å². The zero-order valence-electron chi connectivity index (χ0n) is 9.66. The van der Waals surface area contributed by atoms with Crippen LogP contribution in [0.1, 0.15) is 38.2 Å². The highest BCUT2D eigenvalue weighted by Crippen LogP contribution is 2.28. The maximum atomic E-state index is 4.38. The Balaban J connectivity index is 1.92. The van der Waals surface area contributed by atoms with Crippen LogP contribution in [0.15, 0.2) is 18.3 Å². The molecule has 1 unspecified atom stereocenters. The van der Waals surface area contributed by atoms with Gasteiger partial charge in [-0.15, -0.1) is 0 Å². The van der Waals surface area contributed by atoms with E-state index < -0.39 is 0 Å². The number of rotatable bonds is 3. The first-order valence-corrected chi connectivity index (χ1v) is 5.95. The van der Waals surface area contributed by atoms with Crippen molar-refractivity contribution >= 4 is 5.82 Å². The second-order valence-electron chi connectivity index (χ2n) is 4.70. The maximum absolute atomic E-state index is 4.38. The van der Waals surface area contributed by atoms with E-state index >= 15 is 0 Å². The monoisotopic (exact) mass is 204 g/mol. The second-order valence-corrected chi connectivity index (χ2v) is 4.70. The Bertz CT molecular complexity index is 299. The van der Waals surface area contributed by atoms with Gasteiger partial charge in [-0.25, -0.2) is 4.98 Å². The number of aromatic nitrogens is 1. The number of aryl methyl sites for hydroxylation is 1. The summed E-state index contributed by atoms with van der Waals surface area (Å²) in [5, 5.41) is 3.50. The van der Waals surface area contributed by atoms with Gasteiger partial charge in [0.15, 0.2) is 0 Å². The van der Waals surface area contributed by atoms with Crippen LogP contribution < -0.4 is 5.32 Å². The predicted octanol–water partition coefficient (Wildman–Crippen LogP) is 3.38. The number of pyridine rings is 1. The molecule has 0 spiro atoms. The standard InChI is InChI=1S/C13H20N2/c1-10-7-8-13(14-9-10)15-11(2)12-5-3-4-6-12/h7-9,11-12H,3-6H2,1-2H3,(H,14,15). The summed E-state index contributed by atoms with van der Waals surface area (Å²) in [5.74, 6) is 1.85. The quantitative estimate of drug-likeness (QED) is 0.816. The molecule has 1 heterocycles. The van der Waals surface area contributed by atoms with Crippen molar-refractivity contribution in [3.05, 3.63) is 23.9 Å².